The summed E-state index contributed by atoms with van der Waals surface area (Å²) in [6.07, 6.45) is 0. The molecule has 0 saturated carbocycles. The molecule has 11 heteroatoms. The molecular formula is C25H22ClN3O6S. The number of fused-ring (bicyclic) bond motifs is 1. The lowest BCUT2D eigenvalue weighted by molar-refractivity contribution is -0.160. The first kappa shape index (κ1) is 24.3. The maximum atomic E-state index is 13.3. The summed E-state index contributed by atoms with van der Waals surface area (Å²) < 4.78 is 5.74. The van der Waals surface area contributed by atoms with Gasteiger partial charge in [0.2, 0.25) is 0 Å². The van der Waals surface area contributed by atoms with Gasteiger partial charge in [0.25, 0.3) is 23.6 Å². The Labute approximate surface area is 216 Å². The van der Waals surface area contributed by atoms with Crippen molar-refractivity contribution in [2.24, 2.45) is 0 Å². The third kappa shape index (κ3) is 3.84. The topological polar surface area (TPSA) is 104 Å². The quantitative estimate of drug-likeness (QED) is 0.142. The highest BCUT2D eigenvalue weighted by atomic mass is 35.5. The van der Waals surface area contributed by atoms with Crippen molar-refractivity contribution >= 4 is 53.1 Å². The van der Waals surface area contributed by atoms with Gasteiger partial charge in [-0.15, -0.1) is 0 Å². The van der Waals surface area contributed by atoms with Crippen LogP contribution in [0.4, 0.5) is 0 Å². The molecule has 2 aromatic carbocycles. The summed E-state index contributed by atoms with van der Waals surface area (Å²) in [6.45, 7) is 3.31. The number of amides is 4. The molecule has 0 spiro atoms. The van der Waals surface area contributed by atoms with Gasteiger partial charge in [0.15, 0.2) is 6.04 Å². The molecule has 0 bridgehead atoms. The van der Waals surface area contributed by atoms with Crippen LogP contribution in [-0.2, 0) is 25.7 Å². The van der Waals surface area contributed by atoms with Crippen LogP contribution < -0.4 is 0 Å². The molecule has 36 heavy (non-hydrogen) atoms. The van der Waals surface area contributed by atoms with Gasteiger partial charge >= 0.3 is 5.97 Å². The van der Waals surface area contributed by atoms with Gasteiger partial charge in [-0.3, -0.25) is 33.2 Å². The number of nitrogens with zero attached hydrogens (tertiary/aromatic N) is 3. The Bertz CT molecular complexity index is 1250. The van der Waals surface area contributed by atoms with Crippen molar-refractivity contribution in [2.75, 3.05) is 6.54 Å². The molecule has 3 atom stereocenters. The van der Waals surface area contributed by atoms with E-state index in [4.69, 9.17) is 16.3 Å². The lowest BCUT2D eigenvalue weighted by atomic mass is 9.93. The highest BCUT2D eigenvalue weighted by Crippen LogP contribution is 2.47. The van der Waals surface area contributed by atoms with Crippen LogP contribution in [0.25, 0.3) is 0 Å². The summed E-state index contributed by atoms with van der Waals surface area (Å²) in [4.78, 5) is 66.7. The zero-order valence-corrected chi connectivity index (χ0v) is 21.0. The van der Waals surface area contributed by atoms with Gasteiger partial charge in [-0.05, 0) is 43.5 Å². The molecule has 9 nitrogen and oxygen atoms in total. The number of halogens is 1. The average Bonchev–Trinajstić information content (AvgIpc) is 3.23. The summed E-state index contributed by atoms with van der Waals surface area (Å²) in [5.74, 6) is -2.83. The fourth-order valence-electron chi connectivity index (χ4n) is 4.70. The lowest BCUT2D eigenvalue weighted by Gasteiger charge is -2.50. The molecule has 4 amide bonds. The van der Waals surface area contributed by atoms with Crippen molar-refractivity contribution in [1.82, 2.24) is 14.1 Å². The fourth-order valence-corrected chi connectivity index (χ4v) is 6.37. The predicted molar refractivity (Wildman–Crippen MR) is 131 cm³/mol. The van der Waals surface area contributed by atoms with Gasteiger partial charge in [0.1, 0.15) is 24.7 Å². The zero-order valence-electron chi connectivity index (χ0n) is 19.4. The van der Waals surface area contributed by atoms with Crippen molar-refractivity contribution in [3.63, 3.8) is 0 Å². The summed E-state index contributed by atoms with van der Waals surface area (Å²) in [7, 11) is 0. The third-order valence-electron chi connectivity index (χ3n) is 6.41. The van der Waals surface area contributed by atoms with E-state index < -0.39 is 51.9 Å². The van der Waals surface area contributed by atoms with Crippen LogP contribution in [0.15, 0.2) is 54.6 Å². The smallest absolute Gasteiger partial charge is 0.327 e. The van der Waals surface area contributed by atoms with E-state index in [0.29, 0.717) is 0 Å². The first-order valence-electron chi connectivity index (χ1n) is 11.2. The van der Waals surface area contributed by atoms with Gasteiger partial charge in [-0.25, -0.2) is 0 Å². The van der Waals surface area contributed by atoms with E-state index in [1.54, 1.807) is 26.0 Å². The monoisotopic (exact) mass is 527 g/mol. The molecule has 2 fully saturated rings. The van der Waals surface area contributed by atoms with E-state index in [1.165, 1.54) is 21.3 Å². The van der Waals surface area contributed by atoms with Crippen LogP contribution in [0.1, 0.15) is 40.1 Å². The molecule has 3 aliphatic rings. The van der Waals surface area contributed by atoms with Gasteiger partial charge in [-0.1, -0.05) is 54.1 Å². The molecule has 3 aliphatic heterocycles. The number of hydrogen-bond donors (Lipinski definition) is 0. The molecule has 0 aliphatic carbocycles. The maximum absolute atomic E-state index is 13.3. The second kappa shape index (κ2) is 8.94. The normalized spacial score (nSPS) is 24.8. The number of ether oxygens (including phenoxy) is 1. The molecule has 2 aromatic rings. The standard InChI is InChI=1S/C25H22ClN3O6S/c1-25(2)19(24(34)27(36-25)12-17(30)35-13-14-8-4-3-5-9-14)29-20(26)18(23(29)33)28-21(31)15-10-6-7-11-16(15)22(28)32/h3-11,18-20H,12-13H2,1-2H3/t18-,19-,20+/m0/s1. The summed E-state index contributed by atoms with van der Waals surface area (Å²) >= 11 is 7.68. The second-order valence-corrected chi connectivity index (χ2v) is 11.3. The lowest BCUT2D eigenvalue weighted by Crippen LogP contribution is -2.74. The molecular weight excluding hydrogens is 506 g/mol. The zero-order chi connectivity index (χ0) is 25.8. The van der Waals surface area contributed by atoms with Crippen LogP contribution in [-0.4, -0.2) is 72.6 Å². The van der Waals surface area contributed by atoms with Crippen molar-refractivity contribution in [3.05, 3.63) is 71.3 Å². The molecule has 0 radical (unpaired) electrons. The summed E-state index contributed by atoms with van der Waals surface area (Å²) in [5, 5.41) is 0. The number of carbonyl (C=O) groups excluding carboxylic acids is 5. The molecule has 186 valence electrons. The molecule has 5 rings (SSSR count). The van der Waals surface area contributed by atoms with Gasteiger partial charge in [0, 0.05) is 0 Å². The average molecular weight is 528 g/mol. The van der Waals surface area contributed by atoms with E-state index in [9.17, 15) is 24.0 Å². The third-order valence-corrected chi connectivity index (χ3v) is 8.09. The molecule has 0 unspecified atom stereocenters. The Morgan fingerprint density at radius 1 is 0.944 bits per heavy atom. The van der Waals surface area contributed by atoms with Crippen molar-refractivity contribution < 1.29 is 28.7 Å². The number of benzene rings is 2. The van der Waals surface area contributed by atoms with Gasteiger partial charge in [-0.2, -0.15) is 0 Å². The van der Waals surface area contributed by atoms with Crippen LogP contribution in [0.2, 0.25) is 0 Å². The Kier molecular flexibility index (Phi) is 6.04. The van der Waals surface area contributed by atoms with Crippen LogP contribution in [0.5, 0.6) is 0 Å². The van der Waals surface area contributed by atoms with E-state index in [-0.39, 0.29) is 24.3 Å². The largest absolute Gasteiger partial charge is 0.459 e. The van der Waals surface area contributed by atoms with E-state index in [1.807, 2.05) is 30.3 Å². The number of likely N-dealkylation sites (tertiary alicyclic amines) is 1. The number of alkyl halides is 1. The van der Waals surface area contributed by atoms with Crippen molar-refractivity contribution in [3.8, 4) is 0 Å². The minimum atomic E-state index is -1.21. The number of imide groups is 1. The summed E-state index contributed by atoms with van der Waals surface area (Å²) in [6, 6.07) is 13.3. The van der Waals surface area contributed by atoms with Gasteiger partial charge in [0.05, 0.1) is 15.9 Å². The van der Waals surface area contributed by atoms with Crippen LogP contribution in [0, 0.1) is 0 Å². The first-order chi connectivity index (χ1) is 17.1. The Morgan fingerprint density at radius 3 is 2.11 bits per heavy atom. The minimum Gasteiger partial charge on any atom is -0.459 e. The highest BCUT2D eigenvalue weighted by molar-refractivity contribution is 7.99. The number of β-lactam (4-membered cyclic amide) rings is 1. The number of esters is 1. The fraction of sp³-hybridized carbons (Fsp3) is 0.320. The number of rotatable bonds is 6. The van der Waals surface area contributed by atoms with Crippen molar-refractivity contribution in [2.45, 2.75) is 42.8 Å². The first-order valence-corrected chi connectivity index (χ1v) is 12.5. The maximum Gasteiger partial charge on any atom is 0.327 e. The Hall–Kier alpha value is -3.37. The van der Waals surface area contributed by atoms with Crippen LogP contribution >= 0.6 is 23.5 Å². The Balaban J connectivity index is 1.27. The highest BCUT2D eigenvalue weighted by Gasteiger charge is 2.63. The Morgan fingerprint density at radius 2 is 1.53 bits per heavy atom. The predicted octanol–water partition coefficient (Wildman–Crippen LogP) is 2.44. The van der Waals surface area contributed by atoms with Gasteiger partial charge < -0.3 is 9.64 Å². The van der Waals surface area contributed by atoms with Crippen LogP contribution in [0.3, 0.4) is 0 Å². The van der Waals surface area contributed by atoms with E-state index in [2.05, 4.69) is 0 Å². The number of carbonyl (C=O) groups is 5. The van der Waals surface area contributed by atoms with E-state index >= 15 is 0 Å². The van der Waals surface area contributed by atoms with Crippen molar-refractivity contribution in [1.29, 1.82) is 0 Å². The molecule has 3 heterocycles. The molecule has 0 aromatic heterocycles. The second-order valence-electron chi connectivity index (χ2n) is 9.21. The summed E-state index contributed by atoms with van der Waals surface area (Å²) in [5.41, 5.74) is 0.162. The number of hydrogen-bond acceptors (Lipinski definition) is 7. The minimum absolute atomic E-state index is 0.0789. The molecule has 2 saturated heterocycles. The van der Waals surface area contributed by atoms with E-state index in [0.717, 1.165) is 22.4 Å². The SMILES string of the molecule is CC1(C)SN(CC(=O)OCc2ccccc2)C(=O)[C@@H]1N1C(=O)[C@@H](N2C(=O)c3ccccc3C2=O)[C@@H]1Cl. The molecule has 0 N–H and O–H groups in total.